The minimum absolute atomic E-state index is 0.152. The van der Waals surface area contributed by atoms with Gasteiger partial charge in [-0.15, -0.1) is 0 Å². The Morgan fingerprint density at radius 1 is 1.21 bits per heavy atom. The molecule has 0 spiro atoms. The summed E-state index contributed by atoms with van der Waals surface area (Å²) in [5, 5.41) is 9.81. The quantitative estimate of drug-likeness (QED) is 0.455. The van der Waals surface area contributed by atoms with Gasteiger partial charge >= 0.3 is 5.97 Å². The average Bonchev–Trinajstić information content (AvgIpc) is 3.62. The summed E-state index contributed by atoms with van der Waals surface area (Å²) in [6, 6.07) is 5.92. The molecule has 7 heteroatoms. The zero-order valence-corrected chi connectivity index (χ0v) is 19.8. The number of ether oxygens (including phenoxy) is 4. The highest BCUT2D eigenvalue weighted by molar-refractivity contribution is 6.17. The number of allylic oxidation sites excluding steroid dienone is 1. The molecule has 1 aromatic carbocycles. The lowest BCUT2D eigenvalue weighted by Gasteiger charge is -2.47. The molecule has 2 aliphatic heterocycles. The molecule has 182 valence electrons. The van der Waals surface area contributed by atoms with Crippen LogP contribution in [0.5, 0.6) is 11.5 Å². The second-order valence-electron chi connectivity index (χ2n) is 10.1. The molecule has 7 nitrogen and oxygen atoms in total. The van der Waals surface area contributed by atoms with Crippen LogP contribution in [-0.2, 0) is 19.1 Å². The van der Waals surface area contributed by atoms with E-state index in [-0.39, 0.29) is 29.1 Å². The molecular formula is C27H32O7. The van der Waals surface area contributed by atoms with Crippen LogP contribution in [0.2, 0.25) is 0 Å². The first-order valence-corrected chi connectivity index (χ1v) is 12.1. The van der Waals surface area contributed by atoms with Crippen molar-refractivity contribution in [2.75, 3.05) is 33.5 Å². The van der Waals surface area contributed by atoms with E-state index in [4.69, 9.17) is 18.9 Å². The molecule has 1 N–H and O–H groups in total. The molecule has 2 aliphatic carbocycles. The van der Waals surface area contributed by atoms with E-state index in [2.05, 4.69) is 6.92 Å². The number of rotatable bonds is 8. The first-order chi connectivity index (χ1) is 16.4. The fourth-order valence-electron chi connectivity index (χ4n) is 5.41. The lowest BCUT2D eigenvalue weighted by molar-refractivity contribution is -0.143. The van der Waals surface area contributed by atoms with E-state index in [0.29, 0.717) is 38.8 Å². The van der Waals surface area contributed by atoms with Gasteiger partial charge in [-0.3, -0.25) is 4.79 Å². The van der Waals surface area contributed by atoms with Crippen molar-refractivity contribution >= 4 is 17.3 Å². The molecule has 0 aromatic heterocycles. The fourth-order valence-corrected chi connectivity index (χ4v) is 5.41. The number of benzene rings is 1. The third-order valence-electron chi connectivity index (χ3n) is 7.41. The van der Waals surface area contributed by atoms with E-state index in [1.807, 2.05) is 18.2 Å². The summed E-state index contributed by atoms with van der Waals surface area (Å²) in [6.45, 7) is 4.33. The summed E-state index contributed by atoms with van der Waals surface area (Å²) in [4.78, 5) is 24.8. The van der Waals surface area contributed by atoms with E-state index in [1.54, 1.807) is 13.2 Å². The fraction of sp³-hybridized carbons (Fsp3) is 0.556. The highest BCUT2D eigenvalue weighted by Gasteiger charge is 2.50. The summed E-state index contributed by atoms with van der Waals surface area (Å²) in [5.74, 6) is 0.723. The van der Waals surface area contributed by atoms with Crippen molar-refractivity contribution in [2.45, 2.75) is 45.1 Å². The molecule has 5 rings (SSSR count). The molecular weight excluding hydrogens is 436 g/mol. The van der Waals surface area contributed by atoms with Crippen LogP contribution in [0, 0.1) is 17.3 Å². The topological polar surface area (TPSA) is 91.3 Å². The van der Waals surface area contributed by atoms with Crippen molar-refractivity contribution in [1.82, 2.24) is 0 Å². The summed E-state index contributed by atoms with van der Waals surface area (Å²) < 4.78 is 23.2. The van der Waals surface area contributed by atoms with Gasteiger partial charge < -0.3 is 24.1 Å². The van der Waals surface area contributed by atoms with Crippen molar-refractivity contribution < 1.29 is 33.6 Å². The van der Waals surface area contributed by atoms with Crippen molar-refractivity contribution in [3.63, 3.8) is 0 Å². The number of carboxylic acid groups (broad SMARTS) is 1. The van der Waals surface area contributed by atoms with Gasteiger partial charge in [-0.2, -0.15) is 0 Å². The number of hydrogen-bond donors (Lipinski definition) is 1. The van der Waals surface area contributed by atoms with E-state index >= 15 is 0 Å². The normalized spacial score (nSPS) is 27.2. The molecule has 2 fully saturated rings. The molecule has 1 saturated carbocycles. The maximum atomic E-state index is 12.8. The van der Waals surface area contributed by atoms with Crippen molar-refractivity contribution in [3.8, 4) is 11.5 Å². The maximum absolute atomic E-state index is 12.8. The molecule has 34 heavy (non-hydrogen) atoms. The second-order valence-corrected chi connectivity index (χ2v) is 10.1. The zero-order valence-electron chi connectivity index (χ0n) is 19.8. The first-order valence-electron chi connectivity index (χ1n) is 12.1. The van der Waals surface area contributed by atoms with Crippen LogP contribution in [0.4, 0.5) is 0 Å². The number of carbonyl (C=O) groups excluding carboxylic acids is 1. The number of aliphatic carboxylic acids is 1. The smallest absolute Gasteiger partial charge is 0.339 e. The van der Waals surface area contributed by atoms with Crippen molar-refractivity contribution in [2.24, 2.45) is 17.3 Å². The van der Waals surface area contributed by atoms with E-state index in [0.717, 1.165) is 47.5 Å². The maximum Gasteiger partial charge on any atom is 0.339 e. The third kappa shape index (κ3) is 4.27. The van der Waals surface area contributed by atoms with Crippen LogP contribution in [0.1, 0.15) is 44.6 Å². The van der Waals surface area contributed by atoms with Gasteiger partial charge in [0.2, 0.25) is 0 Å². The number of methoxy groups -OCH3 is 1. The van der Waals surface area contributed by atoms with Gasteiger partial charge in [-0.25, -0.2) is 4.79 Å². The number of hydrogen-bond acceptors (Lipinski definition) is 6. The van der Waals surface area contributed by atoms with Gasteiger partial charge in [0, 0.05) is 38.2 Å². The van der Waals surface area contributed by atoms with Crippen LogP contribution in [-0.4, -0.2) is 56.5 Å². The number of fused-ring (bicyclic) bond motifs is 2. The van der Waals surface area contributed by atoms with Crippen molar-refractivity contribution in [3.05, 3.63) is 41.0 Å². The molecule has 0 bridgehead atoms. The van der Waals surface area contributed by atoms with Gasteiger partial charge in [-0.05, 0) is 60.5 Å². The first kappa shape index (κ1) is 23.1. The summed E-state index contributed by atoms with van der Waals surface area (Å²) in [7, 11) is 1.67. The minimum atomic E-state index is -1.18. The Kier molecular flexibility index (Phi) is 6.25. The Hall–Kier alpha value is -2.64. The van der Waals surface area contributed by atoms with E-state index in [1.165, 1.54) is 0 Å². The largest absolute Gasteiger partial charge is 0.493 e. The molecule has 0 amide bonds. The van der Waals surface area contributed by atoms with Crippen LogP contribution >= 0.6 is 0 Å². The Labute approximate surface area is 199 Å². The van der Waals surface area contributed by atoms with Crippen LogP contribution < -0.4 is 9.47 Å². The highest BCUT2D eigenvalue weighted by Crippen LogP contribution is 2.54. The Bertz CT molecular complexity index is 1050. The standard InChI is InChI=1S/C27H32O7/c1-27(14-32-15-27)25-21-13-20(26(29)30)22(28)9-8-18(16-4-5-16)24(21)19-7-6-17(12-23(19)34-25)33-11-3-10-31-2/h6-7,12-13,16,18,25H,3-5,8-11,14-15H2,1-2H3,(H,29,30)/b20-13+. The van der Waals surface area contributed by atoms with Crippen molar-refractivity contribution in [1.29, 1.82) is 0 Å². The minimum Gasteiger partial charge on any atom is -0.493 e. The van der Waals surface area contributed by atoms with Gasteiger partial charge in [0.25, 0.3) is 0 Å². The molecule has 2 atom stereocenters. The average molecular weight is 469 g/mol. The zero-order chi connectivity index (χ0) is 23.9. The molecule has 1 aromatic rings. The Morgan fingerprint density at radius 2 is 2.00 bits per heavy atom. The van der Waals surface area contributed by atoms with E-state index < -0.39 is 12.1 Å². The Balaban J connectivity index is 1.63. The summed E-state index contributed by atoms with van der Waals surface area (Å²) >= 11 is 0. The SMILES string of the molecule is COCCCOc1ccc2c(c1)OC(C1(C)COC1)C1=C2C(C2CC2)CCC(=O)/C(C(=O)O)=C\1. The monoisotopic (exact) mass is 468 g/mol. The van der Waals surface area contributed by atoms with Gasteiger partial charge in [-0.1, -0.05) is 6.92 Å². The van der Waals surface area contributed by atoms with Crippen LogP contribution in [0.25, 0.3) is 5.57 Å². The molecule has 0 radical (unpaired) electrons. The lowest BCUT2D eigenvalue weighted by Crippen LogP contribution is -2.53. The Morgan fingerprint density at radius 3 is 2.65 bits per heavy atom. The molecule has 2 heterocycles. The number of ketones is 1. The molecule has 2 unspecified atom stereocenters. The summed E-state index contributed by atoms with van der Waals surface area (Å²) in [5.41, 5.74) is 2.49. The number of carboxylic acids is 1. The molecule has 4 aliphatic rings. The predicted octanol–water partition coefficient (Wildman–Crippen LogP) is 4.05. The molecule has 1 saturated heterocycles. The highest BCUT2D eigenvalue weighted by atomic mass is 16.5. The number of carbonyl (C=O) groups is 2. The van der Waals surface area contributed by atoms with Crippen LogP contribution in [0.15, 0.2) is 35.4 Å². The predicted molar refractivity (Wildman–Crippen MR) is 125 cm³/mol. The van der Waals surface area contributed by atoms with E-state index in [9.17, 15) is 14.7 Å². The second kappa shape index (κ2) is 9.19. The number of Topliss-reactive ketones (excluding diaryl/α,β-unsaturated/α-hetero) is 1. The summed E-state index contributed by atoms with van der Waals surface area (Å²) in [6.07, 6.45) is 5.16. The van der Waals surface area contributed by atoms with Gasteiger partial charge in [0.1, 0.15) is 23.2 Å². The van der Waals surface area contributed by atoms with Crippen LogP contribution in [0.3, 0.4) is 0 Å². The van der Waals surface area contributed by atoms with Gasteiger partial charge in [0.15, 0.2) is 5.78 Å². The lowest BCUT2D eigenvalue weighted by atomic mass is 9.70. The third-order valence-corrected chi connectivity index (χ3v) is 7.41. The van der Waals surface area contributed by atoms with Gasteiger partial charge in [0.05, 0.1) is 25.2 Å².